The van der Waals surface area contributed by atoms with Gasteiger partial charge < -0.3 is 0 Å². The Morgan fingerprint density at radius 1 is 1.36 bits per heavy atom. The van der Waals surface area contributed by atoms with Crippen molar-refractivity contribution in [2.75, 3.05) is 5.88 Å². The van der Waals surface area contributed by atoms with Gasteiger partial charge in [-0.1, -0.05) is 23.4 Å². The minimum absolute atomic E-state index is 0.435. The smallest absolute Gasteiger partial charge is 0.101 e. The van der Waals surface area contributed by atoms with Crippen LogP contribution in [0, 0.1) is 23.2 Å². The maximum atomic E-state index is 8.64. The summed E-state index contributed by atoms with van der Waals surface area (Å²) in [5.74, 6) is 6.33. The molecule has 1 aromatic carbocycles. The van der Waals surface area contributed by atoms with E-state index in [9.17, 15) is 0 Å². The normalized spacial score (nSPS) is 8.64. The Morgan fingerprint density at radius 3 is 2.71 bits per heavy atom. The van der Waals surface area contributed by atoms with Crippen molar-refractivity contribution in [3.63, 3.8) is 0 Å². The van der Waals surface area contributed by atoms with Crippen molar-refractivity contribution >= 4 is 23.2 Å². The van der Waals surface area contributed by atoms with E-state index in [1.54, 1.807) is 18.2 Å². The Morgan fingerprint density at radius 2 is 2.14 bits per heavy atom. The zero-order valence-electron chi connectivity index (χ0n) is 7.35. The molecule has 0 amide bonds. The molecule has 0 bridgehead atoms. The van der Waals surface area contributed by atoms with Crippen LogP contribution in [0.1, 0.15) is 17.5 Å². The molecule has 1 nitrogen and oxygen atoms in total. The van der Waals surface area contributed by atoms with Crippen molar-refractivity contribution < 1.29 is 0 Å². The number of hydrogen-bond acceptors (Lipinski definition) is 1. The van der Waals surface area contributed by atoms with Gasteiger partial charge in [0, 0.05) is 17.9 Å². The van der Waals surface area contributed by atoms with Crippen LogP contribution < -0.4 is 0 Å². The minimum Gasteiger partial charge on any atom is -0.192 e. The van der Waals surface area contributed by atoms with Crippen molar-refractivity contribution in [1.29, 1.82) is 5.26 Å². The number of nitriles is 1. The van der Waals surface area contributed by atoms with Gasteiger partial charge in [-0.05, 0) is 18.2 Å². The molecule has 0 saturated heterocycles. The van der Waals surface area contributed by atoms with Crippen molar-refractivity contribution in [3.8, 4) is 17.9 Å². The van der Waals surface area contributed by atoms with E-state index >= 15 is 0 Å². The van der Waals surface area contributed by atoms with Crippen LogP contribution in [-0.2, 0) is 0 Å². The molecule has 70 valence electrons. The average molecular weight is 224 g/mol. The largest absolute Gasteiger partial charge is 0.192 e. The molecule has 14 heavy (non-hydrogen) atoms. The summed E-state index contributed by atoms with van der Waals surface area (Å²) >= 11 is 11.3. The van der Waals surface area contributed by atoms with E-state index < -0.39 is 0 Å². The summed E-state index contributed by atoms with van der Waals surface area (Å²) < 4.78 is 0. The number of benzene rings is 1. The lowest BCUT2D eigenvalue weighted by Crippen LogP contribution is -1.80. The number of rotatable bonds is 1. The third-order valence-corrected chi connectivity index (χ3v) is 2.04. The van der Waals surface area contributed by atoms with Gasteiger partial charge in [0.25, 0.3) is 0 Å². The van der Waals surface area contributed by atoms with Crippen LogP contribution in [0.15, 0.2) is 18.2 Å². The maximum absolute atomic E-state index is 8.64. The second-order valence-electron chi connectivity index (χ2n) is 2.55. The van der Waals surface area contributed by atoms with Crippen LogP contribution in [0.5, 0.6) is 0 Å². The molecule has 0 aromatic heterocycles. The van der Waals surface area contributed by atoms with Gasteiger partial charge in [0.15, 0.2) is 0 Å². The molecule has 0 spiro atoms. The van der Waals surface area contributed by atoms with E-state index in [0.717, 1.165) is 5.56 Å². The van der Waals surface area contributed by atoms with Crippen molar-refractivity contribution in [1.82, 2.24) is 0 Å². The molecule has 3 heteroatoms. The number of nitrogens with zero attached hydrogens (tertiary/aromatic N) is 1. The highest BCUT2D eigenvalue weighted by atomic mass is 35.5. The van der Waals surface area contributed by atoms with Gasteiger partial charge in [-0.25, -0.2) is 0 Å². The Balaban J connectivity index is 2.89. The van der Waals surface area contributed by atoms with E-state index in [2.05, 4.69) is 11.8 Å². The predicted molar refractivity (Wildman–Crippen MR) is 58.4 cm³/mol. The Bertz CT molecular complexity index is 421. The lowest BCUT2D eigenvalue weighted by atomic mass is 10.1. The van der Waals surface area contributed by atoms with Gasteiger partial charge in [0.05, 0.1) is 10.6 Å². The summed E-state index contributed by atoms with van der Waals surface area (Å²) in [6, 6.07) is 7.10. The Labute approximate surface area is 93.3 Å². The molecule has 0 atom stereocenters. The molecular formula is C11H7Cl2N. The zero-order valence-corrected chi connectivity index (χ0v) is 8.86. The first-order chi connectivity index (χ1) is 6.77. The molecule has 0 N–H and O–H groups in total. The van der Waals surface area contributed by atoms with Gasteiger partial charge in [0.2, 0.25) is 0 Å². The molecule has 0 aliphatic carbocycles. The zero-order chi connectivity index (χ0) is 10.4. The standard InChI is InChI=1S/C11H7Cl2N/c12-6-2-1-3-9-4-5-10(8-14)11(13)7-9/h4-5,7H,2,6H2. The predicted octanol–water partition coefficient (Wildman–Crippen LogP) is 3.19. The average Bonchev–Trinajstić information content (AvgIpc) is 2.18. The van der Waals surface area contributed by atoms with Gasteiger partial charge in [-0.15, -0.1) is 11.6 Å². The monoisotopic (exact) mass is 223 g/mol. The van der Waals surface area contributed by atoms with Crippen molar-refractivity contribution in [2.24, 2.45) is 0 Å². The van der Waals surface area contributed by atoms with Crippen LogP contribution in [0.25, 0.3) is 0 Å². The fourth-order valence-electron chi connectivity index (χ4n) is 0.895. The highest BCUT2D eigenvalue weighted by molar-refractivity contribution is 6.31. The van der Waals surface area contributed by atoms with E-state index in [1.807, 2.05) is 6.07 Å². The van der Waals surface area contributed by atoms with E-state index in [1.165, 1.54) is 0 Å². The molecule has 0 aliphatic heterocycles. The third kappa shape index (κ3) is 2.96. The molecule has 0 radical (unpaired) electrons. The highest BCUT2D eigenvalue weighted by Gasteiger charge is 1.98. The first kappa shape index (κ1) is 10.9. The second-order valence-corrected chi connectivity index (χ2v) is 3.33. The van der Waals surface area contributed by atoms with E-state index in [4.69, 9.17) is 28.5 Å². The van der Waals surface area contributed by atoms with Crippen LogP contribution in [0.3, 0.4) is 0 Å². The lowest BCUT2D eigenvalue weighted by molar-refractivity contribution is 1.29. The summed E-state index contributed by atoms with van der Waals surface area (Å²) in [7, 11) is 0. The molecule has 0 unspecified atom stereocenters. The van der Waals surface area contributed by atoms with Gasteiger partial charge >= 0.3 is 0 Å². The molecule has 0 saturated carbocycles. The summed E-state index contributed by atoms with van der Waals surface area (Å²) in [5.41, 5.74) is 1.27. The van der Waals surface area contributed by atoms with Crippen molar-refractivity contribution in [3.05, 3.63) is 34.3 Å². The van der Waals surface area contributed by atoms with E-state index in [0.29, 0.717) is 22.9 Å². The van der Waals surface area contributed by atoms with E-state index in [-0.39, 0.29) is 0 Å². The maximum Gasteiger partial charge on any atom is 0.101 e. The highest BCUT2D eigenvalue weighted by Crippen LogP contribution is 2.16. The van der Waals surface area contributed by atoms with Gasteiger partial charge in [-0.2, -0.15) is 5.26 Å². The lowest BCUT2D eigenvalue weighted by Gasteiger charge is -1.94. The van der Waals surface area contributed by atoms with Crippen LogP contribution >= 0.6 is 23.2 Å². The van der Waals surface area contributed by atoms with Gasteiger partial charge in [-0.3, -0.25) is 0 Å². The first-order valence-electron chi connectivity index (χ1n) is 4.02. The fraction of sp³-hybridized carbons (Fsp3) is 0.182. The van der Waals surface area contributed by atoms with Crippen molar-refractivity contribution in [2.45, 2.75) is 6.42 Å². The summed E-state index contributed by atoms with van der Waals surface area (Å²) in [4.78, 5) is 0. The first-order valence-corrected chi connectivity index (χ1v) is 4.93. The second kappa shape index (κ2) is 5.55. The topological polar surface area (TPSA) is 23.8 Å². The quantitative estimate of drug-likeness (QED) is 0.530. The molecule has 1 rings (SSSR count). The summed E-state index contributed by atoms with van der Waals surface area (Å²) in [6.07, 6.45) is 0.652. The fourth-order valence-corrected chi connectivity index (χ4v) is 1.21. The number of alkyl halides is 1. The molecule has 1 aromatic rings. The summed E-state index contributed by atoms with van der Waals surface area (Å²) in [5, 5.41) is 9.07. The summed E-state index contributed by atoms with van der Waals surface area (Å²) in [6.45, 7) is 0. The minimum atomic E-state index is 0.435. The molecular weight excluding hydrogens is 217 g/mol. The Kier molecular flexibility index (Phi) is 4.33. The van der Waals surface area contributed by atoms with Crippen LogP contribution in [0.2, 0.25) is 5.02 Å². The van der Waals surface area contributed by atoms with Crippen LogP contribution in [0.4, 0.5) is 0 Å². The molecule has 0 fully saturated rings. The number of hydrogen-bond donors (Lipinski definition) is 0. The Hall–Kier alpha value is -1.15. The third-order valence-electron chi connectivity index (χ3n) is 1.54. The molecule has 0 aliphatic rings. The molecule has 0 heterocycles. The SMILES string of the molecule is N#Cc1ccc(C#CCCCl)cc1Cl. The number of halogens is 2. The van der Waals surface area contributed by atoms with Gasteiger partial charge in [0.1, 0.15) is 6.07 Å². The van der Waals surface area contributed by atoms with Crippen LogP contribution in [-0.4, -0.2) is 5.88 Å².